The predicted molar refractivity (Wildman–Crippen MR) is 96.5 cm³/mol. The number of benzene rings is 1. The zero-order valence-corrected chi connectivity index (χ0v) is 15.6. The van der Waals surface area contributed by atoms with Crippen LogP contribution in [0.25, 0.3) is 0 Å². The van der Waals surface area contributed by atoms with Crippen molar-refractivity contribution in [1.82, 2.24) is 10.6 Å². The number of halogens is 4. The maximum atomic E-state index is 12.0. The third-order valence-corrected chi connectivity index (χ3v) is 2.63. The fourth-order valence-electron chi connectivity index (χ4n) is 1.61. The lowest BCUT2D eigenvalue weighted by atomic mass is 10.2. The van der Waals surface area contributed by atoms with Crippen molar-refractivity contribution in [3.8, 4) is 5.75 Å². The van der Waals surface area contributed by atoms with E-state index in [0.717, 1.165) is 31.0 Å². The van der Waals surface area contributed by atoms with Crippen molar-refractivity contribution in [2.24, 2.45) is 4.99 Å². The molecule has 0 spiro atoms. The molecule has 0 aliphatic rings. The number of guanidine groups is 1. The zero-order valence-electron chi connectivity index (χ0n) is 13.2. The first-order valence-electron chi connectivity index (χ1n) is 7.25. The SMILES string of the molecule is CCCNC(=NCc1ccc(OCC(F)(F)F)cc1)NCC.I. The monoisotopic (exact) mass is 445 g/mol. The largest absolute Gasteiger partial charge is 0.484 e. The Morgan fingerprint density at radius 3 is 2.30 bits per heavy atom. The molecule has 0 unspecified atom stereocenters. The first-order chi connectivity index (χ1) is 10.4. The lowest BCUT2D eigenvalue weighted by Gasteiger charge is -2.11. The average molecular weight is 445 g/mol. The molecule has 0 fully saturated rings. The summed E-state index contributed by atoms with van der Waals surface area (Å²) < 4.78 is 40.8. The third kappa shape index (κ3) is 10.2. The van der Waals surface area contributed by atoms with E-state index in [-0.39, 0.29) is 29.7 Å². The van der Waals surface area contributed by atoms with Crippen LogP contribution in [0.4, 0.5) is 13.2 Å². The Labute approximate surface area is 151 Å². The minimum absolute atomic E-state index is 0. The van der Waals surface area contributed by atoms with E-state index in [4.69, 9.17) is 0 Å². The van der Waals surface area contributed by atoms with Gasteiger partial charge in [-0.1, -0.05) is 19.1 Å². The van der Waals surface area contributed by atoms with E-state index in [9.17, 15) is 13.2 Å². The summed E-state index contributed by atoms with van der Waals surface area (Å²) in [5.74, 6) is 0.919. The number of nitrogens with zero attached hydrogens (tertiary/aromatic N) is 1. The quantitative estimate of drug-likeness (QED) is 0.382. The summed E-state index contributed by atoms with van der Waals surface area (Å²) in [4.78, 5) is 4.41. The molecular weight excluding hydrogens is 422 g/mol. The van der Waals surface area contributed by atoms with Crippen LogP contribution >= 0.6 is 24.0 Å². The van der Waals surface area contributed by atoms with Gasteiger partial charge < -0.3 is 15.4 Å². The maximum absolute atomic E-state index is 12.0. The van der Waals surface area contributed by atoms with E-state index in [1.54, 1.807) is 12.1 Å². The predicted octanol–water partition coefficient (Wildman–Crippen LogP) is 3.71. The highest BCUT2D eigenvalue weighted by atomic mass is 127. The van der Waals surface area contributed by atoms with E-state index in [1.165, 1.54) is 12.1 Å². The van der Waals surface area contributed by atoms with Gasteiger partial charge in [0.2, 0.25) is 0 Å². The normalized spacial score (nSPS) is 11.6. The number of hydrogen-bond donors (Lipinski definition) is 2. The Balaban J connectivity index is 0.00000484. The molecule has 0 amide bonds. The molecule has 0 atom stereocenters. The van der Waals surface area contributed by atoms with Crippen molar-refractivity contribution in [3.05, 3.63) is 29.8 Å². The van der Waals surface area contributed by atoms with Crippen molar-refractivity contribution in [2.45, 2.75) is 33.0 Å². The highest BCUT2D eigenvalue weighted by Gasteiger charge is 2.28. The number of alkyl halides is 3. The van der Waals surface area contributed by atoms with Crippen LogP contribution in [0, 0.1) is 0 Å². The Hall–Kier alpha value is -1.19. The van der Waals surface area contributed by atoms with Gasteiger partial charge in [-0.25, -0.2) is 4.99 Å². The Kier molecular flexibility index (Phi) is 10.8. The highest BCUT2D eigenvalue weighted by molar-refractivity contribution is 14.0. The Morgan fingerprint density at radius 2 is 1.78 bits per heavy atom. The molecule has 0 aliphatic heterocycles. The molecule has 0 saturated carbocycles. The van der Waals surface area contributed by atoms with E-state index in [0.29, 0.717) is 6.54 Å². The molecule has 0 radical (unpaired) electrons. The lowest BCUT2D eigenvalue weighted by Crippen LogP contribution is -2.37. The Bertz CT molecular complexity index is 464. The standard InChI is InChI=1S/C15H22F3N3O.HI/c1-3-9-20-14(19-4-2)21-10-12-5-7-13(8-6-12)22-11-15(16,17)18;/h5-8H,3-4,9-11H2,1-2H3,(H2,19,20,21);1H. The van der Waals surface area contributed by atoms with E-state index in [1.807, 2.05) is 6.92 Å². The van der Waals surface area contributed by atoms with Gasteiger partial charge in [0.25, 0.3) is 0 Å². The summed E-state index contributed by atoms with van der Waals surface area (Å²) in [5.41, 5.74) is 0.896. The summed E-state index contributed by atoms with van der Waals surface area (Å²) >= 11 is 0. The smallest absolute Gasteiger partial charge is 0.422 e. The van der Waals surface area contributed by atoms with Crippen LogP contribution in [0.15, 0.2) is 29.3 Å². The fourth-order valence-corrected chi connectivity index (χ4v) is 1.61. The number of hydrogen-bond acceptors (Lipinski definition) is 2. The molecule has 0 heterocycles. The average Bonchev–Trinajstić information content (AvgIpc) is 2.48. The molecule has 132 valence electrons. The summed E-state index contributed by atoms with van der Waals surface area (Å²) in [6.45, 7) is 4.80. The van der Waals surface area contributed by atoms with Crippen LogP contribution in [0.2, 0.25) is 0 Å². The van der Waals surface area contributed by atoms with Gasteiger partial charge >= 0.3 is 6.18 Å². The zero-order chi connectivity index (χ0) is 16.4. The minimum Gasteiger partial charge on any atom is -0.484 e. The molecule has 0 saturated heterocycles. The van der Waals surface area contributed by atoms with Gasteiger partial charge in [-0.05, 0) is 31.0 Å². The number of aliphatic imine (C=N–C) groups is 1. The summed E-state index contributed by atoms with van der Waals surface area (Å²) in [5, 5.41) is 6.30. The topological polar surface area (TPSA) is 45.7 Å². The molecule has 1 aromatic carbocycles. The maximum Gasteiger partial charge on any atom is 0.422 e. The molecule has 23 heavy (non-hydrogen) atoms. The van der Waals surface area contributed by atoms with Crippen LogP contribution in [-0.2, 0) is 6.54 Å². The van der Waals surface area contributed by atoms with Crippen molar-refractivity contribution >= 4 is 29.9 Å². The van der Waals surface area contributed by atoms with E-state index >= 15 is 0 Å². The second-order valence-electron chi connectivity index (χ2n) is 4.67. The lowest BCUT2D eigenvalue weighted by molar-refractivity contribution is -0.153. The van der Waals surface area contributed by atoms with Gasteiger partial charge in [0.15, 0.2) is 12.6 Å². The van der Waals surface area contributed by atoms with Gasteiger partial charge in [-0.15, -0.1) is 24.0 Å². The second kappa shape index (κ2) is 11.4. The summed E-state index contributed by atoms with van der Waals surface area (Å²) in [6, 6.07) is 6.45. The number of nitrogens with one attached hydrogen (secondary N) is 2. The molecule has 1 aromatic rings. The minimum atomic E-state index is -4.32. The van der Waals surface area contributed by atoms with Gasteiger partial charge in [0.05, 0.1) is 6.54 Å². The molecule has 0 aliphatic carbocycles. The van der Waals surface area contributed by atoms with E-state index in [2.05, 4.69) is 27.3 Å². The number of ether oxygens (including phenoxy) is 1. The van der Waals surface area contributed by atoms with Crippen molar-refractivity contribution in [3.63, 3.8) is 0 Å². The second-order valence-corrected chi connectivity index (χ2v) is 4.67. The molecular formula is C15H23F3IN3O. The first kappa shape index (κ1) is 21.8. The van der Waals surface area contributed by atoms with Crippen LogP contribution in [0.1, 0.15) is 25.8 Å². The third-order valence-electron chi connectivity index (χ3n) is 2.63. The molecule has 0 bridgehead atoms. The molecule has 2 N–H and O–H groups in total. The fraction of sp³-hybridized carbons (Fsp3) is 0.533. The molecule has 4 nitrogen and oxygen atoms in total. The summed E-state index contributed by atoms with van der Waals surface area (Å²) in [6.07, 6.45) is -3.33. The van der Waals surface area contributed by atoms with Gasteiger partial charge in [0.1, 0.15) is 5.75 Å². The Morgan fingerprint density at radius 1 is 1.13 bits per heavy atom. The van der Waals surface area contributed by atoms with Crippen LogP contribution in [0.3, 0.4) is 0 Å². The van der Waals surface area contributed by atoms with Crippen LogP contribution < -0.4 is 15.4 Å². The van der Waals surface area contributed by atoms with Gasteiger partial charge in [-0.2, -0.15) is 13.2 Å². The van der Waals surface area contributed by atoms with E-state index < -0.39 is 12.8 Å². The van der Waals surface area contributed by atoms with Crippen molar-refractivity contribution in [1.29, 1.82) is 0 Å². The number of rotatable bonds is 7. The first-order valence-corrected chi connectivity index (χ1v) is 7.25. The molecule has 1 rings (SSSR count). The van der Waals surface area contributed by atoms with Crippen molar-refractivity contribution in [2.75, 3.05) is 19.7 Å². The summed E-state index contributed by atoms with van der Waals surface area (Å²) in [7, 11) is 0. The molecule has 8 heteroatoms. The van der Waals surface area contributed by atoms with Gasteiger partial charge in [0, 0.05) is 13.1 Å². The van der Waals surface area contributed by atoms with Crippen LogP contribution in [-0.4, -0.2) is 31.8 Å². The van der Waals surface area contributed by atoms with Gasteiger partial charge in [-0.3, -0.25) is 0 Å². The van der Waals surface area contributed by atoms with Crippen LogP contribution in [0.5, 0.6) is 5.75 Å². The highest BCUT2D eigenvalue weighted by Crippen LogP contribution is 2.19. The van der Waals surface area contributed by atoms with Crippen molar-refractivity contribution < 1.29 is 17.9 Å². The molecule has 0 aromatic heterocycles.